The van der Waals surface area contributed by atoms with Gasteiger partial charge in [-0.05, 0) is 39.7 Å². The van der Waals surface area contributed by atoms with Crippen LogP contribution in [-0.2, 0) is 6.42 Å². The molecule has 3 nitrogen and oxygen atoms in total. The van der Waals surface area contributed by atoms with Crippen molar-refractivity contribution in [3.8, 4) is 5.75 Å². The fourth-order valence-corrected chi connectivity index (χ4v) is 2.18. The Morgan fingerprint density at radius 2 is 2.00 bits per heavy atom. The summed E-state index contributed by atoms with van der Waals surface area (Å²) in [4.78, 5) is 4.08. The highest BCUT2D eigenvalue weighted by Crippen LogP contribution is 2.13. The zero-order valence-electron chi connectivity index (χ0n) is 10.5. The van der Waals surface area contributed by atoms with Crippen LogP contribution in [-0.4, -0.2) is 22.8 Å². The lowest BCUT2D eigenvalue weighted by molar-refractivity contribution is 0.139. The summed E-state index contributed by atoms with van der Waals surface area (Å²) in [5.41, 5.74) is 1.02. The molecule has 19 heavy (non-hydrogen) atoms. The van der Waals surface area contributed by atoms with Gasteiger partial charge in [0.25, 0.3) is 0 Å². The van der Waals surface area contributed by atoms with Crippen molar-refractivity contribution in [3.63, 3.8) is 0 Å². The average molecular weight is 322 g/mol. The average Bonchev–Trinajstić information content (AvgIpc) is 2.40. The van der Waals surface area contributed by atoms with Crippen molar-refractivity contribution in [2.24, 2.45) is 0 Å². The Balaban J connectivity index is 1.74. The van der Waals surface area contributed by atoms with E-state index in [0.717, 1.165) is 15.8 Å². The molecule has 1 atom stereocenters. The molecule has 2 aromatic rings. The molecular weight excluding hydrogens is 306 g/mol. The van der Waals surface area contributed by atoms with E-state index in [4.69, 9.17) is 4.74 Å². The summed E-state index contributed by atoms with van der Waals surface area (Å²) in [7, 11) is 0. The van der Waals surface area contributed by atoms with Crippen LogP contribution in [0.1, 0.15) is 12.0 Å². The number of aromatic nitrogens is 1. The highest BCUT2D eigenvalue weighted by atomic mass is 79.9. The minimum atomic E-state index is -0.417. The topological polar surface area (TPSA) is 42.4 Å². The van der Waals surface area contributed by atoms with Gasteiger partial charge in [-0.2, -0.15) is 0 Å². The van der Waals surface area contributed by atoms with E-state index in [-0.39, 0.29) is 0 Å². The molecule has 0 aliphatic rings. The van der Waals surface area contributed by atoms with Crippen molar-refractivity contribution in [2.75, 3.05) is 6.61 Å². The predicted molar refractivity (Wildman–Crippen MR) is 78.2 cm³/mol. The summed E-state index contributed by atoms with van der Waals surface area (Å²) in [6.45, 7) is 0.507. The summed E-state index contributed by atoms with van der Waals surface area (Å²) in [6.07, 6.45) is 4.27. The van der Waals surface area contributed by atoms with Crippen LogP contribution in [0.5, 0.6) is 5.75 Å². The van der Waals surface area contributed by atoms with E-state index >= 15 is 0 Å². The van der Waals surface area contributed by atoms with Crippen molar-refractivity contribution in [2.45, 2.75) is 18.9 Å². The fraction of sp³-hybridized carbons (Fsp3) is 0.267. The van der Waals surface area contributed by atoms with Gasteiger partial charge in [0.15, 0.2) is 0 Å². The highest BCUT2D eigenvalue weighted by molar-refractivity contribution is 9.10. The molecule has 0 fully saturated rings. The van der Waals surface area contributed by atoms with Crippen LogP contribution in [0.4, 0.5) is 0 Å². The molecule has 0 saturated heterocycles. The van der Waals surface area contributed by atoms with Crippen molar-refractivity contribution in [3.05, 3.63) is 58.8 Å². The van der Waals surface area contributed by atoms with Gasteiger partial charge in [-0.25, -0.2) is 0 Å². The Kier molecular flexibility index (Phi) is 5.36. The second-order valence-electron chi connectivity index (χ2n) is 4.32. The van der Waals surface area contributed by atoms with Gasteiger partial charge >= 0.3 is 0 Å². The maximum atomic E-state index is 9.95. The highest BCUT2D eigenvalue weighted by Gasteiger charge is 2.06. The van der Waals surface area contributed by atoms with Gasteiger partial charge in [-0.3, -0.25) is 4.98 Å². The molecule has 1 N–H and O–H groups in total. The molecule has 1 heterocycles. The Morgan fingerprint density at radius 3 is 2.74 bits per heavy atom. The third-order valence-corrected chi connectivity index (χ3v) is 3.13. The van der Waals surface area contributed by atoms with Crippen LogP contribution >= 0.6 is 15.9 Å². The first-order valence-corrected chi connectivity index (χ1v) is 6.98. The number of para-hydroxylation sites is 1. The second-order valence-corrected chi connectivity index (χ2v) is 5.24. The molecule has 1 unspecified atom stereocenters. The summed E-state index contributed by atoms with van der Waals surface area (Å²) < 4.78 is 6.48. The minimum Gasteiger partial charge on any atom is -0.493 e. The minimum absolute atomic E-state index is 0.417. The quantitative estimate of drug-likeness (QED) is 0.888. The van der Waals surface area contributed by atoms with Crippen molar-refractivity contribution in [1.29, 1.82) is 0 Å². The first-order valence-electron chi connectivity index (χ1n) is 6.19. The fourth-order valence-electron chi connectivity index (χ4n) is 1.77. The SMILES string of the molecule is OC(CCOc1ccccc1)Cc1cncc(Br)c1. The Morgan fingerprint density at radius 1 is 1.21 bits per heavy atom. The van der Waals surface area contributed by atoms with E-state index in [1.54, 1.807) is 12.4 Å². The summed E-state index contributed by atoms with van der Waals surface area (Å²) >= 11 is 3.37. The standard InChI is InChI=1S/C15H16BrNO2/c16-13-8-12(10-17-11-13)9-14(18)6-7-19-15-4-2-1-3-5-15/h1-5,8,10-11,14,18H,6-7,9H2. The zero-order valence-corrected chi connectivity index (χ0v) is 12.1. The van der Waals surface area contributed by atoms with Gasteiger partial charge in [-0.15, -0.1) is 0 Å². The molecule has 0 aliphatic heterocycles. The number of benzene rings is 1. The first-order chi connectivity index (χ1) is 9.24. The third-order valence-electron chi connectivity index (χ3n) is 2.70. The summed E-state index contributed by atoms with van der Waals surface area (Å²) in [5.74, 6) is 0.832. The van der Waals surface area contributed by atoms with Gasteiger partial charge in [0.2, 0.25) is 0 Å². The van der Waals surface area contributed by atoms with Gasteiger partial charge < -0.3 is 9.84 Å². The summed E-state index contributed by atoms with van der Waals surface area (Å²) in [6, 6.07) is 11.6. The second kappa shape index (κ2) is 7.26. The van der Waals surface area contributed by atoms with Gasteiger partial charge in [-0.1, -0.05) is 18.2 Å². The number of rotatable bonds is 6. The molecule has 2 rings (SSSR count). The Bertz CT molecular complexity index is 505. The van der Waals surface area contributed by atoms with E-state index in [1.807, 2.05) is 36.4 Å². The molecule has 1 aromatic carbocycles. The largest absolute Gasteiger partial charge is 0.493 e. The number of hydrogen-bond donors (Lipinski definition) is 1. The van der Waals surface area contributed by atoms with Gasteiger partial charge in [0.05, 0.1) is 12.7 Å². The van der Waals surface area contributed by atoms with E-state index in [1.165, 1.54) is 0 Å². The monoisotopic (exact) mass is 321 g/mol. The van der Waals surface area contributed by atoms with Crippen molar-refractivity contribution >= 4 is 15.9 Å². The van der Waals surface area contributed by atoms with Crippen LogP contribution in [0.15, 0.2) is 53.3 Å². The molecule has 100 valence electrons. The number of hydrogen-bond acceptors (Lipinski definition) is 3. The normalized spacial score (nSPS) is 12.1. The maximum absolute atomic E-state index is 9.95. The van der Waals surface area contributed by atoms with Crippen molar-refractivity contribution < 1.29 is 9.84 Å². The lowest BCUT2D eigenvalue weighted by Gasteiger charge is -2.11. The Labute approximate surface area is 121 Å². The molecule has 0 saturated carbocycles. The molecule has 0 aliphatic carbocycles. The van der Waals surface area contributed by atoms with Crippen LogP contribution < -0.4 is 4.74 Å². The molecule has 0 amide bonds. The smallest absolute Gasteiger partial charge is 0.119 e. The van der Waals surface area contributed by atoms with E-state index in [0.29, 0.717) is 19.4 Å². The molecule has 0 radical (unpaired) electrons. The van der Waals surface area contributed by atoms with Crippen LogP contribution in [0.3, 0.4) is 0 Å². The zero-order chi connectivity index (χ0) is 13.5. The molecule has 1 aromatic heterocycles. The number of aliphatic hydroxyl groups excluding tert-OH is 1. The van der Waals surface area contributed by atoms with Crippen LogP contribution in [0.25, 0.3) is 0 Å². The maximum Gasteiger partial charge on any atom is 0.119 e. The lowest BCUT2D eigenvalue weighted by atomic mass is 10.1. The summed E-state index contributed by atoms with van der Waals surface area (Å²) in [5, 5.41) is 9.95. The van der Waals surface area contributed by atoms with Crippen LogP contribution in [0.2, 0.25) is 0 Å². The third kappa shape index (κ3) is 5.01. The molecule has 0 spiro atoms. The van der Waals surface area contributed by atoms with E-state index in [9.17, 15) is 5.11 Å². The van der Waals surface area contributed by atoms with Gasteiger partial charge in [0, 0.05) is 29.7 Å². The number of aliphatic hydroxyl groups is 1. The Hall–Kier alpha value is -1.39. The molecule has 4 heteroatoms. The lowest BCUT2D eigenvalue weighted by Crippen LogP contribution is -2.15. The number of halogens is 1. The van der Waals surface area contributed by atoms with E-state index in [2.05, 4.69) is 20.9 Å². The van der Waals surface area contributed by atoms with Gasteiger partial charge in [0.1, 0.15) is 5.75 Å². The number of ether oxygens (including phenoxy) is 1. The van der Waals surface area contributed by atoms with Crippen molar-refractivity contribution in [1.82, 2.24) is 4.98 Å². The number of nitrogens with zero attached hydrogens (tertiary/aromatic N) is 1. The predicted octanol–water partition coefficient (Wildman–Crippen LogP) is 3.22. The molecular formula is C15H16BrNO2. The first kappa shape index (κ1) is 14.0. The van der Waals surface area contributed by atoms with E-state index < -0.39 is 6.10 Å². The van der Waals surface area contributed by atoms with Crippen LogP contribution in [0, 0.1) is 0 Å². The number of pyridine rings is 1. The molecule has 0 bridgehead atoms.